The fourth-order valence-electron chi connectivity index (χ4n) is 1.99. The Balaban J connectivity index is 2.19. The van der Waals surface area contributed by atoms with Crippen molar-refractivity contribution in [2.24, 2.45) is 0 Å². The number of carboxylic acids is 1. The van der Waals surface area contributed by atoms with Gasteiger partial charge in [0.05, 0.1) is 0 Å². The van der Waals surface area contributed by atoms with Crippen LogP contribution in [0.25, 0.3) is 0 Å². The fourth-order valence-corrected chi connectivity index (χ4v) is 3.32. The van der Waals surface area contributed by atoms with Gasteiger partial charge in [0.25, 0.3) is 12.3 Å². The second-order valence-electron chi connectivity index (χ2n) is 4.57. The molecular weight excluding hydrogens is 288 g/mol. The number of hydrogen-bond acceptors (Lipinski definition) is 3. The number of benzene rings is 1. The van der Waals surface area contributed by atoms with Gasteiger partial charge >= 0.3 is 5.97 Å². The summed E-state index contributed by atoms with van der Waals surface area (Å²) in [5, 5.41) is 11.7. The van der Waals surface area contributed by atoms with E-state index >= 15 is 0 Å². The topological polar surface area (TPSA) is 66.4 Å². The first-order valence-electron chi connectivity index (χ1n) is 5.96. The number of halogens is 2. The summed E-state index contributed by atoms with van der Waals surface area (Å²) >= 11 is 1.44. The zero-order valence-electron chi connectivity index (χ0n) is 10.4. The molecule has 1 atom stereocenters. The van der Waals surface area contributed by atoms with Crippen molar-refractivity contribution in [3.63, 3.8) is 0 Å². The molecule has 1 unspecified atom stereocenters. The minimum Gasteiger partial charge on any atom is -0.479 e. The van der Waals surface area contributed by atoms with Gasteiger partial charge in [-0.1, -0.05) is 12.1 Å². The largest absolute Gasteiger partial charge is 0.479 e. The van der Waals surface area contributed by atoms with E-state index in [-0.39, 0.29) is 16.9 Å². The third-order valence-electron chi connectivity index (χ3n) is 3.18. The SMILES string of the molecule is O=C(NC1(C(=O)O)CCSC1)c1cccc(C(F)F)c1. The van der Waals surface area contributed by atoms with Gasteiger partial charge in [0.2, 0.25) is 0 Å². The Morgan fingerprint density at radius 3 is 2.70 bits per heavy atom. The highest BCUT2D eigenvalue weighted by Gasteiger charge is 2.43. The highest BCUT2D eigenvalue weighted by Crippen LogP contribution is 2.29. The number of amides is 1. The Morgan fingerprint density at radius 1 is 1.40 bits per heavy atom. The highest BCUT2D eigenvalue weighted by molar-refractivity contribution is 7.99. The van der Waals surface area contributed by atoms with Crippen molar-refractivity contribution in [1.29, 1.82) is 0 Å². The number of nitrogens with one attached hydrogen (secondary N) is 1. The maximum absolute atomic E-state index is 12.6. The van der Waals surface area contributed by atoms with Gasteiger partial charge in [0, 0.05) is 16.9 Å². The van der Waals surface area contributed by atoms with E-state index in [1.54, 1.807) is 0 Å². The van der Waals surface area contributed by atoms with Gasteiger partial charge in [-0.15, -0.1) is 0 Å². The molecule has 0 saturated carbocycles. The second kappa shape index (κ2) is 5.78. The van der Waals surface area contributed by atoms with E-state index in [9.17, 15) is 23.5 Å². The van der Waals surface area contributed by atoms with E-state index in [1.807, 2.05) is 0 Å². The summed E-state index contributed by atoms with van der Waals surface area (Å²) in [7, 11) is 0. The molecule has 1 saturated heterocycles. The molecular formula is C13H13F2NO3S. The van der Waals surface area contributed by atoms with Gasteiger partial charge in [0.15, 0.2) is 0 Å². The van der Waals surface area contributed by atoms with Crippen LogP contribution in [0.15, 0.2) is 24.3 Å². The molecule has 0 spiro atoms. The molecule has 1 aromatic carbocycles. The van der Waals surface area contributed by atoms with E-state index in [2.05, 4.69) is 5.32 Å². The Morgan fingerprint density at radius 2 is 2.15 bits per heavy atom. The summed E-state index contributed by atoms with van der Waals surface area (Å²) in [5.74, 6) is -0.815. The van der Waals surface area contributed by atoms with Gasteiger partial charge in [-0.25, -0.2) is 13.6 Å². The van der Waals surface area contributed by atoms with E-state index in [1.165, 1.54) is 30.0 Å². The molecule has 0 bridgehead atoms. The molecule has 1 aliphatic rings. The molecule has 2 N–H and O–H groups in total. The highest BCUT2D eigenvalue weighted by atomic mass is 32.2. The van der Waals surface area contributed by atoms with Crippen LogP contribution in [0.3, 0.4) is 0 Å². The van der Waals surface area contributed by atoms with Crippen LogP contribution < -0.4 is 5.32 Å². The predicted octanol–water partition coefficient (Wildman–Crippen LogP) is 2.31. The first kappa shape index (κ1) is 14.8. The number of carbonyl (C=O) groups is 2. The lowest BCUT2D eigenvalue weighted by atomic mass is 9.98. The van der Waals surface area contributed by atoms with Crippen LogP contribution in [0.5, 0.6) is 0 Å². The van der Waals surface area contributed by atoms with Gasteiger partial charge in [-0.3, -0.25) is 4.79 Å². The summed E-state index contributed by atoms with van der Waals surface area (Å²) in [5.41, 5.74) is -1.52. The van der Waals surface area contributed by atoms with Crippen LogP contribution in [0.2, 0.25) is 0 Å². The molecule has 0 aromatic heterocycles. The molecule has 0 aliphatic carbocycles. The van der Waals surface area contributed by atoms with E-state index < -0.39 is 23.8 Å². The molecule has 1 heterocycles. The zero-order valence-corrected chi connectivity index (χ0v) is 11.3. The number of hydrogen-bond donors (Lipinski definition) is 2. The Bertz CT molecular complexity index is 530. The summed E-state index contributed by atoms with van der Waals surface area (Å²) in [6.07, 6.45) is -2.34. The quantitative estimate of drug-likeness (QED) is 0.895. The van der Waals surface area contributed by atoms with Crippen LogP contribution >= 0.6 is 11.8 Å². The molecule has 108 valence electrons. The van der Waals surface area contributed by atoms with Crippen LogP contribution in [0.4, 0.5) is 8.78 Å². The molecule has 2 rings (SSSR count). The third-order valence-corrected chi connectivity index (χ3v) is 4.37. The van der Waals surface area contributed by atoms with Gasteiger partial charge < -0.3 is 10.4 Å². The summed E-state index contributed by atoms with van der Waals surface area (Å²) in [4.78, 5) is 23.4. The molecule has 1 aromatic rings. The van der Waals surface area contributed by atoms with E-state index in [0.717, 1.165) is 6.07 Å². The predicted molar refractivity (Wildman–Crippen MR) is 71.2 cm³/mol. The Hall–Kier alpha value is -1.63. The van der Waals surface area contributed by atoms with Crippen LogP contribution in [-0.4, -0.2) is 34.0 Å². The Kier molecular flexibility index (Phi) is 4.27. The molecule has 20 heavy (non-hydrogen) atoms. The number of thioether (sulfide) groups is 1. The van der Waals surface area contributed by atoms with Crippen molar-refractivity contribution < 1.29 is 23.5 Å². The van der Waals surface area contributed by atoms with Crippen molar-refractivity contribution in [3.8, 4) is 0 Å². The summed E-state index contributed by atoms with van der Waals surface area (Å²) in [6, 6.07) is 5.05. The Labute approximate surface area is 118 Å². The number of carbonyl (C=O) groups excluding carboxylic acids is 1. The lowest BCUT2D eigenvalue weighted by molar-refractivity contribution is -0.143. The van der Waals surface area contributed by atoms with Gasteiger partial charge in [-0.05, 0) is 24.3 Å². The van der Waals surface area contributed by atoms with Crippen molar-refractivity contribution in [2.75, 3.05) is 11.5 Å². The molecule has 1 aliphatic heterocycles. The first-order chi connectivity index (χ1) is 9.44. The maximum atomic E-state index is 12.6. The van der Waals surface area contributed by atoms with Crippen molar-refractivity contribution in [1.82, 2.24) is 5.32 Å². The minimum absolute atomic E-state index is 0.0420. The van der Waals surface area contributed by atoms with Gasteiger partial charge in [-0.2, -0.15) is 11.8 Å². The first-order valence-corrected chi connectivity index (χ1v) is 7.12. The maximum Gasteiger partial charge on any atom is 0.330 e. The van der Waals surface area contributed by atoms with Crippen LogP contribution in [0, 0.1) is 0 Å². The lowest BCUT2D eigenvalue weighted by Crippen LogP contribution is -2.54. The molecule has 7 heteroatoms. The van der Waals surface area contributed by atoms with Crippen molar-refractivity contribution in [3.05, 3.63) is 35.4 Å². The van der Waals surface area contributed by atoms with E-state index in [0.29, 0.717) is 12.2 Å². The number of alkyl halides is 2. The average molecular weight is 301 g/mol. The lowest BCUT2D eigenvalue weighted by Gasteiger charge is -2.24. The fraction of sp³-hybridized carbons (Fsp3) is 0.385. The van der Waals surface area contributed by atoms with Crippen molar-refractivity contribution in [2.45, 2.75) is 18.4 Å². The normalized spacial score (nSPS) is 21.9. The molecule has 0 radical (unpaired) electrons. The van der Waals surface area contributed by atoms with Crippen molar-refractivity contribution >= 4 is 23.6 Å². The van der Waals surface area contributed by atoms with Crippen LogP contribution in [0.1, 0.15) is 28.8 Å². The summed E-state index contributed by atoms with van der Waals surface area (Å²) in [6.45, 7) is 0. The van der Waals surface area contributed by atoms with Crippen LogP contribution in [-0.2, 0) is 4.79 Å². The molecule has 1 fully saturated rings. The third kappa shape index (κ3) is 2.92. The zero-order chi connectivity index (χ0) is 14.8. The number of rotatable bonds is 4. The second-order valence-corrected chi connectivity index (χ2v) is 5.68. The minimum atomic E-state index is -2.67. The van der Waals surface area contributed by atoms with E-state index in [4.69, 9.17) is 0 Å². The molecule has 4 nitrogen and oxygen atoms in total. The number of carboxylic acid groups (broad SMARTS) is 1. The average Bonchev–Trinajstić information content (AvgIpc) is 2.88. The molecule has 1 amide bonds. The van der Waals surface area contributed by atoms with Gasteiger partial charge in [0.1, 0.15) is 5.54 Å². The monoisotopic (exact) mass is 301 g/mol. The standard InChI is InChI=1S/C13H13F2NO3S/c14-10(15)8-2-1-3-9(6-8)11(17)16-13(12(18)19)4-5-20-7-13/h1-3,6,10H,4-5,7H2,(H,16,17)(H,18,19). The smallest absolute Gasteiger partial charge is 0.330 e. The number of aliphatic carboxylic acids is 1. The summed E-state index contributed by atoms with van der Waals surface area (Å²) < 4.78 is 25.2.